The van der Waals surface area contributed by atoms with Gasteiger partial charge in [-0.25, -0.2) is 8.42 Å². The summed E-state index contributed by atoms with van der Waals surface area (Å²) in [6.45, 7) is 4.11. The van der Waals surface area contributed by atoms with Crippen molar-refractivity contribution in [1.29, 1.82) is 0 Å². The highest BCUT2D eigenvalue weighted by atomic mass is 32.2. The third-order valence-electron chi connectivity index (χ3n) is 4.07. The van der Waals surface area contributed by atoms with E-state index in [1.54, 1.807) is 23.1 Å². The first-order chi connectivity index (χ1) is 11.3. The number of hydrogen-bond acceptors (Lipinski definition) is 3. The number of fused-ring (bicyclic) bond motifs is 1. The van der Waals surface area contributed by atoms with Crippen LogP contribution in [0.2, 0.25) is 0 Å². The highest BCUT2D eigenvalue weighted by Crippen LogP contribution is 2.31. The fourth-order valence-electron chi connectivity index (χ4n) is 3.03. The predicted molar refractivity (Wildman–Crippen MR) is 95.6 cm³/mol. The van der Waals surface area contributed by atoms with Crippen molar-refractivity contribution in [3.63, 3.8) is 0 Å². The molecule has 0 saturated heterocycles. The molecule has 5 nitrogen and oxygen atoms in total. The van der Waals surface area contributed by atoms with E-state index < -0.39 is 10.0 Å². The summed E-state index contributed by atoms with van der Waals surface area (Å²) in [4.78, 5) is 13.3. The topological polar surface area (TPSA) is 66.5 Å². The van der Waals surface area contributed by atoms with Crippen LogP contribution in [-0.2, 0) is 27.0 Å². The summed E-state index contributed by atoms with van der Waals surface area (Å²) in [7, 11) is -3.48. The van der Waals surface area contributed by atoms with Crippen molar-refractivity contribution in [2.75, 3.05) is 16.2 Å². The van der Waals surface area contributed by atoms with Gasteiger partial charge in [0.1, 0.15) is 0 Å². The first kappa shape index (κ1) is 16.5. The van der Waals surface area contributed by atoms with Crippen LogP contribution in [0.15, 0.2) is 42.5 Å². The van der Waals surface area contributed by atoms with Crippen molar-refractivity contribution < 1.29 is 13.2 Å². The fourth-order valence-corrected chi connectivity index (χ4v) is 4.21. The van der Waals surface area contributed by atoms with Crippen LogP contribution in [0.4, 0.5) is 11.4 Å². The number of hydrogen-bond donors (Lipinski definition) is 1. The summed E-state index contributed by atoms with van der Waals surface area (Å²) in [5, 5.41) is 0. The van der Waals surface area contributed by atoms with Crippen LogP contribution in [0.5, 0.6) is 0 Å². The number of sulfonamides is 1. The van der Waals surface area contributed by atoms with E-state index in [0.717, 1.165) is 28.8 Å². The molecule has 24 heavy (non-hydrogen) atoms. The Morgan fingerprint density at radius 2 is 2.00 bits per heavy atom. The number of benzene rings is 2. The van der Waals surface area contributed by atoms with Crippen LogP contribution in [-0.4, -0.2) is 20.9 Å². The molecule has 0 unspecified atom stereocenters. The number of rotatable bonds is 4. The summed E-state index contributed by atoms with van der Waals surface area (Å²) in [5.74, 6) is -0.0627. The average Bonchev–Trinajstić information content (AvgIpc) is 2.89. The van der Waals surface area contributed by atoms with Gasteiger partial charge in [0.15, 0.2) is 0 Å². The minimum absolute atomic E-state index is 0.00141. The Bertz CT molecular complexity index is 891. The fraction of sp³-hybridized carbons (Fsp3) is 0.278. The molecule has 3 rings (SSSR count). The van der Waals surface area contributed by atoms with Gasteiger partial charge in [-0.15, -0.1) is 0 Å². The Kier molecular flexibility index (Phi) is 4.32. The van der Waals surface area contributed by atoms with E-state index in [1.165, 1.54) is 6.92 Å². The van der Waals surface area contributed by atoms with Gasteiger partial charge >= 0.3 is 0 Å². The zero-order valence-corrected chi connectivity index (χ0v) is 14.6. The van der Waals surface area contributed by atoms with Gasteiger partial charge in [-0.05, 0) is 42.7 Å². The number of carbonyl (C=O) groups excluding carboxylic acids is 1. The lowest BCUT2D eigenvalue weighted by Crippen LogP contribution is -2.25. The summed E-state index contributed by atoms with van der Waals surface area (Å²) in [6.07, 6.45) is 0.738. The molecule has 0 fully saturated rings. The number of amides is 1. The van der Waals surface area contributed by atoms with Gasteiger partial charge in [-0.3, -0.25) is 9.52 Å². The highest BCUT2D eigenvalue weighted by molar-refractivity contribution is 7.91. The predicted octanol–water partition coefficient (Wildman–Crippen LogP) is 2.85. The number of aryl methyl sites for hydroxylation is 1. The minimum atomic E-state index is -3.48. The van der Waals surface area contributed by atoms with Crippen LogP contribution in [0.3, 0.4) is 0 Å². The first-order valence-electron chi connectivity index (χ1n) is 7.81. The Morgan fingerprint density at radius 1 is 1.21 bits per heavy atom. The molecule has 2 aromatic carbocycles. The van der Waals surface area contributed by atoms with Crippen molar-refractivity contribution >= 4 is 27.3 Å². The lowest BCUT2D eigenvalue weighted by molar-refractivity contribution is -0.116. The molecule has 0 aromatic heterocycles. The lowest BCUT2D eigenvalue weighted by atomic mass is 10.1. The molecule has 1 aliphatic heterocycles. The lowest BCUT2D eigenvalue weighted by Gasteiger charge is -2.15. The summed E-state index contributed by atoms with van der Waals surface area (Å²) in [6, 6.07) is 12.8. The van der Waals surface area contributed by atoms with E-state index in [9.17, 15) is 13.2 Å². The van der Waals surface area contributed by atoms with Gasteiger partial charge < -0.3 is 4.90 Å². The average molecular weight is 344 g/mol. The van der Waals surface area contributed by atoms with Crippen LogP contribution in [0.1, 0.15) is 23.6 Å². The third-order valence-corrected chi connectivity index (χ3v) is 5.33. The molecule has 0 spiro atoms. The van der Waals surface area contributed by atoms with Crippen LogP contribution in [0, 0.1) is 6.92 Å². The SMILES string of the molecule is CC(=O)N1CCc2cc(NS(=O)(=O)Cc3cccc(C)c3)ccc21. The monoisotopic (exact) mass is 344 g/mol. The molecule has 0 atom stereocenters. The molecule has 126 valence electrons. The maximum absolute atomic E-state index is 12.4. The smallest absolute Gasteiger partial charge is 0.236 e. The van der Waals surface area contributed by atoms with Crippen LogP contribution in [0.25, 0.3) is 0 Å². The number of nitrogens with zero attached hydrogens (tertiary/aromatic N) is 1. The van der Waals surface area contributed by atoms with E-state index in [4.69, 9.17) is 0 Å². The second kappa shape index (κ2) is 6.28. The van der Waals surface area contributed by atoms with Gasteiger partial charge in [0.25, 0.3) is 0 Å². The Balaban J connectivity index is 1.77. The van der Waals surface area contributed by atoms with Gasteiger partial charge in [-0.1, -0.05) is 29.8 Å². The quantitative estimate of drug-likeness (QED) is 0.927. The normalized spacial score (nSPS) is 13.7. The molecule has 1 heterocycles. The molecule has 1 amide bonds. The number of anilines is 2. The van der Waals surface area contributed by atoms with Crippen molar-refractivity contribution in [1.82, 2.24) is 0 Å². The third kappa shape index (κ3) is 3.59. The maximum atomic E-state index is 12.4. The van der Waals surface area contributed by atoms with Gasteiger partial charge in [0.2, 0.25) is 15.9 Å². The Labute approximate surface area is 142 Å². The number of carbonyl (C=O) groups is 1. The zero-order valence-electron chi connectivity index (χ0n) is 13.7. The minimum Gasteiger partial charge on any atom is -0.312 e. The molecule has 0 radical (unpaired) electrons. The van der Waals surface area contributed by atoms with E-state index in [0.29, 0.717) is 12.2 Å². The molecule has 1 N–H and O–H groups in total. The van der Waals surface area contributed by atoms with E-state index in [2.05, 4.69) is 4.72 Å². The molecule has 1 aliphatic rings. The first-order valence-corrected chi connectivity index (χ1v) is 9.46. The zero-order chi connectivity index (χ0) is 17.3. The summed E-state index contributed by atoms with van der Waals surface area (Å²) < 4.78 is 27.4. The van der Waals surface area contributed by atoms with Crippen molar-refractivity contribution in [3.8, 4) is 0 Å². The highest BCUT2D eigenvalue weighted by Gasteiger charge is 2.22. The molecular weight excluding hydrogens is 324 g/mol. The maximum Gasteiger partial charge on any atom is 0.236 e. The molecule has 0 bridgehead atoms. The molecular formula is C18H20N2O3S. The second-order valence-corrected chi connectivity index (χ2v) is 7.84. The van der Waals surface area contributed by atoms with Gasteiger partial charge in [0.05, 0.1) is 5.75 Å². The second-order valence-electron chi connectivity index (χ2n) is 6.11. The van der Waals surface area contributed by atoms with Gasteiger partial charge in [-0.2, -0.15) is 0 Å². The number of nitrogens with one attached hydrogen (secondary N) is 1. The van der Waals surface area contributed by atoms with E-state index >= 15 is 0 Å². The molecule has 0 aliphatic carbocycles. The van der Waals surface area contributed by atoms with Crippen LogP contribution >= 0.6 is 0 Å². The van der Waals surface area contributed by atoms with E-state index in [1.807, 2.05) is 31.2 Å². The van der Waals surface area contributed by atoms with Crippen molar-refractivity contribution in [3.05, 3.63) is 59.2 Å². The van der Waals surface area contributed by atoms with Crippen molar-refractivity contribution in [2.45, 2.75) is 26.0 Å². The largest absolute Gasteiger partial charge is 0.312 e. The van der Waals surface area contributed by atoms with Gasteiger partial charge in [0, 0.05) is 24.8 Å². The standard InChI is InChI=1S/C18H20N2O3S/c1-13-4-3-5-15(10-13)12-24(22,23)19-17-6-7-18-16(11-17)8-9-20(18)14(2)21/h3-7,10-11,19H,8-9,12H2,1-2H3. The van der Waals surface area contributed by atoms with E-state index in [-0.39, 0.29) is 11.7 Å². The Morgan fingerprint density at radius 3 is 2.71 bits per heavy atom. The molecule has 0 saturated carbocycles. The Hall–Kier alpha value is -2.34. The summed E-state index contributed by atoms with van der Waals surface area (Å²) >= 11 is 0. The molecule has 6 heteroatoms. The molecule has 2 aromatic rings. The van der Waals surface area contributed by atoms with Crippen LogP contribution < -0.4 is 9.62 Å². The summed E-state index contributed by atoms with van der Waals surface area (Å²) in [5.41, 5.74) is 4.17. The van der Waals surface area contributed by atoms with Crippen molar-refractivity contribution in [2.24, 2.45) is 0 Å².